The van der Waals surface area contributed by atoms with Gasteiger partial charge in [-0.2, -0.15) is 0 Å². The minimum Gasteiger partial charge on any atom is -0.311 e. The standard InChI is InChI=1S/C13H10N4OS/c1-17-8-14-16-13(17)19-12-10(7-18)6-9-4-2-3-5-11(9)15-12/h2-8H,1H3. The highest BCUT2D eigenvalue weighted by Gasteiger charge is 2.11. The predicted molar refractivity (Wildman–Crippen MR) is 72.3 cm³/mol. The number of aromatic nitrogens is 4. The van der Waals surface area contributed by atoms with E-state index >= 15 is 0 Å². The summed E-state index contributed by atoms with van der Waals surface area (Å²) in [5, 5.41) is 10.1. The van der Waals surface area contributed by atoms with E-state index < -0.39 is 0 Å². The van der Waals surface area contributed by atoms with Gasteiger partial charge in [0.25, 0.3) is 0 Å². The van der Waals surface area contributed by atoms with E-state index in [0.717, 1.165) is 17.2 Å². The van der Waals surface area contributed by atoms with Crippen LogP contribution in [0.5, 0.6) is 0 Å². The van der Waals surface area contributed by atoms with Gasteiger partial charge in [-0.25, -0.2) is 4.98 Å². The topological polar surface area (TPSA) is 60.7 Å². The SMILES string of the molecule is Cn1cnnc1Sc1nc2ccccc2cc1C=O. The van der Waals surface area contributed by atoms with E-state index in [9.17, 15) is 4.79 Å². The van der Waals surface area contributed by atoms with E-state index in [1.807, 2.05) is 37.4 Å². The number of aryl methyl sites for hydroxylation is 1. The summed E-state index contributed by atoms with van der Waals surface area (Å²) in [5.74, 6) is 0. The molecule has 0 saturated heterocycles. The van der Waals surface area contributed by atoms with Crippen LogP contribution in [-0.4, -0.2) is 26.0 Å². The fourth-order valence-corrected chi connectivity index (χ4v) is 2.55. The van der Waals surface area contributed by atoms with Crippen molar-refractivity contribution in [2.45, 2.75) is 10.2 Å². The third-order valence-corrected chi connectivity index (χ3v) is 3.77. The average Bonchev–Trinajstić information content (AvgIpc) is 2.83. The first-order chi connectivity index (χ1) is 9.28. The van der Waals surface area contributed by atoms with Gasteiger partial charge in [-0.3, -0.25) is 4.79 Å². The highest BCUT2D eigenvalue weighted by Crippen LogP contribution is 2.28. The zero-order valence-corrected chi connectivity index (χ0v) is 11.0. The van der Waals surface area contributed by atoms with E-state index in [4.69, 9.17) is 0 Å². The van der Waals surface area contributed by atoms with E-state index in [2.05, 4.69) is 15.2 Å². The van der Waals surface area contributed by atoms with Gasteiger partial charge >= 0.3 is 0 Å². The molecular formula is C13H10N4OS. The maximum absolute atomic E-state index is 11.2. The minimum absolute atomic E-state index is 0.562. The summed E-state index contributed by atoms with van der Waals surface area (Å²) < 4.78 is 1.79. The molecule has 0 fully saturated rings. The molecule has 0 radical (unpaired) electrons. The normalized spacial score (nSPS) is 10.8. The Bertz CT molecular complexity index is 753. The number of aldehydes is 1. The Hall–Kier alpha value is -2.21. The molecule has 5 nitrogen and oxygen atoms in total. The van der Waals surface area contributed by atoms with Gasteiger partial charge in [-0.05, 0) is 23.9 Å². The molecule has 0 spiro atoms. The summed E-state index contributed by atoms with van der Waals surface area (Å²) in [6.45, 7) is 0. The number of carbonyl (C=O) groups excluding carboxylic acids is 1. The highest BCUT2D eigenvalue weighted by molar-refractivity contribution is 7.99. The highest BCUT2D eigenvalue weighted by atomic mass is 32.2. The number of benzene rings is 1. The van der Waals surface area contributed by atoms with Crippen molar-refractivity contribution in [3.05, 3.63) is 42.2 Å². The molecule has 2 heterocycles. The monoisotopic (exact) mass is 270 g/mol. The van der Waals surface area contributed by atoms with Gasteiger partial charge in [-0.1, -0.05) is 18.2 Å². The molecule has 0 atom stereocenters. The summed E-state index contributed by atoms with van der Waals surface area (Å²) in [6, 6.07) is 9.55. The lowest BCUT2D eigenvalue weighted by Gasteiger charge is -2.05. The van der Waals surface area contributed by atoms with Gasteiger partial charge in [0.15, 0.2) is 11.4 Å². The second-order valence-electron chi connectivity index (χ2n) is 4.02. The maximum atomic E-state index is 11.2. The number of para-hydroxylation sites is 1. The number of nitrogens with zero attached hydrogens (tertiary/aromatic N) is 4. The third-order valence-electron chi connectivity index (χ3n) is 2.70. The Balaban J connectivity index is 2.11. The molecule has 0 amide bonds. The Morgan fingerprint density at radius 1 is 1.32 bits per heavy atom. The van der Waals surface area contributed by atoms with E-state index in [1.165, 1.54) is 11.8 Å². The molecule has 2 aromatic heterocycles. The molecule has 0 saturated carbocycles. The molecular weight excluding hydrogens is 260 g/mol. The van der Waals surface area contributed by atoms with Crippen LogP contribution in [0.15, 0.2) is 46.8 Å². The van der Waals surface area contributed by atoms with Crippen molar-refractivity contribution in [2.75, 3.05) is 0 Å². The molecule has 0 aliphatic heterocycles. The molecule has 94 valence electrons. The first kappa shape index (κ1) is 11.9. The quantitative estimate of drug-likeness (QED) is 0.683. The fraction of sp³-hybridized carbons (Fsp3) is 0.0769. The molecule has 3 rings (SSSR count). The van der Waals surface area contributed by atoms with Crippen molar-refractivity contribution < 1.29 is 4.79 Å². The lowest BCUT2D eigenvalue weighted by Crippen LogP contribution is -1.94. The first-order valence-corrected chi connectivity index (χ1v) is 6.46. The van der Waals surface area contributed by atoms with Crippen molar-refractivity contribution in [3.63, 3.8) is 0 Å². The minimum atomic E-state index is 0.562. The maximum Gasteiger partial charge on any atom is 0.197 e. The second kappa shape index (κ2) is 4.81. The van der Waals surface area contributed by atoms with Crippen LogP contribution in [-0.2, 0) is 7.05 Å². The van der Waals surface area contributed by atoms with Crippen LogP contribution in [0.3, 0.4) is 0 Å². The Kier molecular flexibility index (Phi) is 3.00. The zero-order chi connectivity index (χ0) is 13.2. The lowest BCUT2D eigenvalue weighted by molar-refractivity contribution is 0.112. The summed E-state index contributed by atoms with van der Waals surface area (Å²) in [7, 11) is 1.85. The molecule has 3 aromatic rings. The summed E-state index contributed by atoms with van der Waals surface area (Å²) >= 11 is 1.33. The Morgan fingerprint density at radius 2 is 2.16 bits per heavy atom. The van der Waals surface area contributed by atoms with Crippen LogP contribution in [0, 0.1) is 0 Å². The first-order valence-electron chi connectivity index (χ1n) is 5.65. The summed E-state index contributed by atoms with van der Waals surface area (Å²) in [6.07, 6.45) is 2.43. The molecule has 0 unspecified atom stereocenters. The lowest BCUT2D eigenvalue weighted by atomic mass is 10.2. The van der Waals surface area contributed by atoms with Crippen LogP contribution in [0.2, 0.25) is 0 Å². The number of hydrogen-bond acceptors (Lipinski definition) is 5. The number of carbonyl (C=O) groups is 1. The number of pyridine rings is 1. The largest absolute Gasteiger partial charge is 0.311 e. The van der Waals surface area contributed by atoms with Crippen molar-refractivity contribution in [1.82, 2.24) is 19.7 Å². The van der Waals surface area contributed by atoms with Gasteiger partial charge in [-0.15, -0.1) is 10.2 Å². The summed E-state index contributed by atoms with van der Waals surface area (Å²) in [4.78, 5) is 15.7. The van der Waals surface area contributed by atoms with Crippen molar-refractivity contribution in [2.24, 2.45) is 7.05 Å². The number of hydrogen-bond donors (Lipinski definition) is 0. The van der Waals surface area contributed by atoms with Gasteiger partial charge in [0.1, 0.15) is 11.4 Å². The van der Waals surface area contributed by atoms with Crippen molar-refractivity contribution in [3.8, 4) is 0 Å². The van der Waals surface area contributed by atoms with Gasteiger partial charge in [0, 0.05) is 18.0 Å². The molecule has 0 bridgehead atoms. The van der Waals surface area contributed by atoms with Crippen LogP contribution < -0.4 is 0 Å². The van der Waals surface area contributed by atoms with Gasteiger partial charge in [0.2, 0.25) is 0 Å². The third kappa shape index (κ3) is 2.22. The van der Waals surface area contributed by atoms with Crippen LogP contribution in [0.25, 0.3) is 10.9 Å². The van der Waals surface area contributed by atoms with Crippen molar-refractivity contribution >= 4 is 29.0 Å². The van der Waals surface area contributed by atoms with Gasteiger partial charge in [0.05, 0.1) is 5.52 Å². The molecule has 19 heavy (non-hydrogen) atoms. The Labute approximate surface area is 113 Å². The predicted octanol–water partition coefficient (Wildman–Crippen LogP) is 2.33. The Morgan fingerprint density at radius 3 is 2.89 bits per heavy atom. The number of fused-ring (bicyclic) bond motifs is 1. The van der Waals surface area contributed by atoms with E-state index in [1.54, 1.807) is 10.9 Å². The van der Waals surface area contributed by atoms with Crippen LogP contribution in [0.1, 0.15) is 10.4 Å². The van der Waals surface area contributed by atoms with Crippen molar-refractivity contribution in [1.29, 1.82) is 0 Å². The average molecular weight is 270 g/mol. The summed E-state index contributed by atoms with van der Waals surface area (Å²) in [5.41, 5.74) is 1.42. The van der Waals surface area contributed by atoms with E-state index in [-0.39, 0.29) is 0 Å². The fourth-order valence-electron chi connectivity index (χ4n) is 1.73. The van der Waals surface area contributed by atoms with Crippen LogP contribution >= 0.6 is 11.8 Å². The smallest absolute Gasteiger partial charge is 0.197 e. The second-order valence-corrected chi connectivity index (χ2v) is 4.98. The molecule has 0 aliphatic rings. The van der Waals surface area contributed by atoms with Gasteiger partial charge < -0.3 is 4.57 Å². The van der Waals surface area contributed by atoms with E-state index in [0.29, 0.717) is 15.7 Å². The zero-order valence-electron chi connectivity index (χ0n) is 10.1. The molecule has 0 aliphatic carbocycles. The molecule has 0 N–H and O–H groups in total. The molecule has 6 heteroatoms. The number of rotatable bonds is 3. The molecule has 1 aromatic carbocycles. The van der Waals surface area contributed by atoms with Crippen LogP contribution in [0.4, 0.5) is 0 Å².